The van der Waals surface area contributed by atoms with Gasteiger partial charge >= 0.3 is 0 Å². The van der Waals surface area contributed by atoms with E-state index in [0.29, 0.717) is 18.3 Å². The molecule has 0 aliphatic heterocycles. The zero-order valence-electron chi connectivity index (χ0n) is 13.9. The molecular weight excluding hydrogens is 265 g/mol. The van der Waals surface area contributed by atoms with Crippen molar-refractivity contribution in [3.05, 3.63) is 29.6 Å². The first-order chi connectivity index (χ1) is 10.1. The van der Waals surface area contributed by atoms with Crippen LogP contribution in [0.4, 0.5) is 4.39 Å². The molecule has 0 fully saturated rings. The summed E-state index contributed by atoms with van der Waals surface area (Å²) in [5.74, 6) is 0.662. The van der Waals surface area contributed by atoms with Gasteiger partial charge in [-0.05, 0) is 31.9 Å². The van der Waals surface area contributed by atoms with Crippen molar-refractivity contribution in [1.29, 1.82) is 0 Å². The largest absolute Gasteiger partial charge is 0.490 e. The van der Waals surface area contributed by atoms with Gasteiger partial charge < -0.3 is 10.1 Å². The highest BCUT2D eigenvalue weighted by Gasteiger charge is 2.16. The Bertz CT molecular complexity index is 408. The Labute approximate surface area is 129 Å². The molecule has 0 radical (unpaired) electrons. The fourth-order valence-electron chi connectivity index (χ4n) is 2.53. The predicted octanol–water partition coefficient (Wildman–Crippen LogP) is 5.09. The Balaban J connectivity index is 2.76. The molecule has 0 spiro atoms. The zero-order chi connectivity index (χ0) is 15.7. The van der Waals surface area contributed by atoms with Crippen molar-refractivity contribution in [2.24, 2.45) is 5.92 Å². The molecule has 1 rings (SSSR count). The molecule has 0 amide bonds. The van der Waals surface area contributed by atoms with Gasteiger partial charge in [0.1, 0.15) is 0 Å². The van der Waals surface area contributed by atoms with Crippen LogP contribution < -0.4 is 10.1 Å². The van der Waals surface area contributed by atoms with Gasteiger partial charge in [0.05, 0.1) is 6.61 Å². The average Bonchev–Trinajstić information content (AvgIpc) is 2.48. The summed E-state index contributed by atoms with van der Waals surface area (Å²) < 4.78 is 20.0. The van der Waals surface area contributed by atoms with Crippen LogP contribution in [0.25, 0.3) is 0 Å². The number of rotatable bonds is 10. The van der Waals surface area contributed by atoms with E-state index in [1.807, 2.05) is 19.9 Å². The third-order valence-electron chi connectivity index (χ3n) is 3.98. The molecule has 0 bridgehead atoms. The van der Waals surface area contributed by atoms with Crippen LogP contribution in [0.5, 0.6) is 5.75 Å². The number of hydrogen-bond donors (Lipinski definition) is 1. The summed E-state index contributed by atoms with van der Waals surface area (Å²) in [6.45, 7) is 9.91. The van der Waals surface area contributed by atoms with Crippen LogP contribution in [0.2, 0.25) is 0 Å². The molecule has 0 aliphatic carbocycles. The molecule has 1 aromatic carbocycles. The highest BCUT2D eigenvalue weighted by Crippen LogP contribution is 2.29. The topological polar surface area (TPSA) is 21.3 Å². The number of unbranched alkanes of at least 4 members (excludes halogenated alkanes) is 1. The van der Waals surface area contributed by atoms with Crippen LogP contribution in [-0.2, 0) is 0 Å². The molecule has 1 N–H and O–H groups in total. The number of halogens is 1. The molecule has 2 unspecified atom stereocenters. The fourth-order valence-corrected chi connectivity index (χ4v) is 2.53. The molecule has 0 heterocycles. The van der Waals surface area contributed by atoms with E-state index in [4.69, 9.17) is 4.74 Å². The second-order valence-corrected chi connectivity index (χ2v) is 5.67. The lowest BCUT2D eigenvalue weighted by Crippen LogP contribution is -2.20. The molecule has 0 aromatic heterocycles. The second-order valence-electron chi connectivity index (χ2n) is 5.67. The van der Waals surface area contributed by atoms with Crippen LogP contribution in [0.15, 0.2) is 18.2 Å². The van der Waals surface area contributed by atoms with Crippen molar-refractivity contribution in [3.63, 3.8) is 0 Å². The number of benzene rings is 1. The SMILES string of the molecule is CCCCC(CC)COc1c(F)cccc1C(C)NCC. The van der Waals surface area contributed by atoms with Gasteiger partial charge in [-0.3, -0.25) is 0 Å². The van der Waals surface area contributed by atoms with E-state index < -0.39 is 0 Å². The lowest BCUT2D eigenvalue weighted by Gasteiger charge is -2.21. The summed E-state index contributed by atoms with van der Waals surface area (Å²) in [6, 6.07) is 5.26. The quantitative estimate of drug-likeness (QED) is 0.649. The standard InChI is InChI=1S/C18H30FNO/c1-5-8-10-15(6-2)13-21-18-16(14(4)20-7-3)11-9-12-17(18)19/h9,11-12,14-15,20H,5-8,10,13H2,1-4H3. The number of hydrogen-bond acceptors (Lipinski definition) is 2. The summed E-state index contributed by atoms with van der Waals surface area (Å²) in [6.07, 6.45) is 4.63. The predicted molar refractivity (Wildman–Crippen MR) is 87.3 cm³/mol. The smallest absolute Gasteiger partial charge is 0.165 e. The van der Waals surface area contributed by atoms with Gasteiger partial charge in [-0.1, -0.05) is 52.2 Å². The summed E-state index contributed by atoms with van der Waals surface area (Å²) in [5.41, 5.74) is 0.905. The summed E-state index contributed by atoms with van der Waals surface area (Å²) in [5, 5.41) is 3.32. The normalized spacial score (nSPS) is 14.0. The first kappa shape index (κ1) is 18.0. The Kier molecular flexibility index (Phi) is 8.36. The minimum atomic E-state index is -0.261. The van der Waals surface area contributed by atoms with E-state index >= 15 is 0 Å². The van der Waals surface area contributed by atoms with Crippen LogP contribution in [0.1, 0.15) is 65.0 Å². The van der Waals surface area contributed by atoms with Gasteiger partial charge in [-0.25, -0.2) is 4.39 Å². The Hall–Kier alpha value is -1.09. The van der Waals surface area contributed by atoms with E-state index in [-0.39, 0.29) is 11.9 Å². The minimum Gasteiger partial charge on any atom is -0.490 e. The molecule has 21 heavy (non-hydrogen) atoms. The Morgan fingerprint density at radius 2 is 2.00 bits per heavy atom. The summed E-state index contributed by atoms with van der Waals surface area (Å²) in [7, 11) is 0. The van der Waals surface area contributed by atoms with Gasteiger partial charge in [0, 0.05) is 11.6 Å². The van der Waals surface area contributed by atoms with Crippen LogP contribution >= 0.6 is 0 Å². The molecular formula is C18H30FNO. The molecule has 120 valence electrons. The van der Waals surface area contributed by atoms with Crippen molar-refractivity contribution < 1.29 is 9.13 Å². The van der Waals surface area contributed by atoms with E-state index in [9.17, 15) is 4.39 Å². The van der Waals surface area contributed by atoms with Gasteiger partial charge in [0.15, 0.2) is 11.6 Å². The van der Waals surface area contributed by atoms with Crippen molar-refractivity contribution in [3.8, 4) is 5.75 Å². The van der Waals surface area contributed by atoms with Crippen LogP contribution in [0, 0.1) is 11.7 Å². The first-order valence-corrected chi connectivity index (χ1v) is 8.28. The van der Waals surface area contributed by atoms with Gasteiger partial charge in [-0.2, -0.15) is 0 Å². The third kappa shape index (κ3) is 5.66. The molecule has 2 nitrogen and oxygen atoms in total. The summed E-state index contributed by atoms with van der Waals surface area (Å²) in [4.78, 5) is 0. The van der Waals surface area contributed by atoms with Gasteiger partial charge in [-0.15, -0.1) is 0 Å². The van der Waals surface area contributed by atoms with E-state index in [1.165, 1.54) is 18.9 Å². The molecule has 2 atom stereocenters. The molecule has 3 heteroatoms. The zero-order valence-corrected chi connectivity index (χ0v) is 13.9. The number of ether oxygens (including phenoxy) is 1. The monoisotopic (exact) mass is 295 g/mol. The van der Waals surface area contributed by atoms with Crippen molar-refractivity contribution in [2.45, 2.75) is 59.4 Å². The van der Waals surface area contributed by atoms with Gasteiger partial charge in [0.2, 0.25) is 0 Å². The number of nitrogens with one attached hydrogen (secondary N) is 1. The van der Waals surface area contributed by atoms with E-state index in [0.717, 1.165) is 24.9 Å². The van der Waals surface area contributed by atoms with E-state index in [1.54, 1.807) is 6.07 Å². The highest BCUT2D eigenvalue weighted by atomic mass is 19.1. The van der Waals surface area contributed by atoms with E-state index in [2.05, 4.69) is 19.2 Å². The van der Waals surface area contributed by atoms with Crippen LogP contribution in [0.3, 0.4) is 0 Å². The molecule has 0 aliphatic rings. The van der Waals surface area contributed by atoms with Crippen LogP contribution in [-0.4, -0.2) is 13.2 Å². The maximum atomic E-state index is 14.1. The lowest BCUT2D eigenvalue weighted by molar-refractivity contribution is 0.221. The maximum Gasteiger partial charge on any atom is 0.165 e. The van der Waals surface area contributed by atoms with Crippen molar-refractivity contribution >= 4 is 0 Å². The highest BCUT2D eigenvalue weighted by molar-refractivity contribution is 5.37. The first-order valence-electron chi connectivity index (χ1n) is 8.28. The van der Waals surface area contributed by atoms with Gasteiger partial charge in [0.25, 0.3) is 0 Å². The minimum absolute atomic E-state index is 0.0939. The Morgan fingerprint density at radius 1 is 1.24 bits per heavy atom. The van der Waals surface area contributed by atoms with Crippen molar-refractivity contribution in [1.82, 2.24) is 5.32 Å². The van der Waals surface area contributed by atoms with Crippen molar-refractivity contribution in [2.75, 3.05) is 13.2 Å². The summed E-state index contributed by atoms with van der Waals surface area (Å²) >= 11 is 0. The number of para-hydroxylation sites is 1. The fraction of sp³-hybridized carbons (Fsp3) is 0.667. The molecule has 0 saturated carbocycles. The molecule has 0 saturated heterocycles. The Morgan fingerprint density at radius 3 is 2.62 bits per heavy atom. The third-order valence-corrected chi connectivity index (χ3v) is 3.98. The average molecular weight is 295 g/mol. The second kappa shape index (κ2) is 9.78. The molecule has 1 aromatic rings. The lowest BCUT2D eigenvalue weighted by atomic mass is 10.0. The maximum absolute atomic E-state index is 14.1.